The summed E-state index contributed by atoms with van der Waals surface area (Å²) in [7, 11) is 1.57. The van der Waals surface area contributed by atoms with Gasteiger partial charge in [0.25, 0.3) is 0 Å². The summed E-state index contributed by atoms with van der Waals surface area (Å²) >= 11 is 12.7. The van der Waals surface area contributed by atoms with Crippen molar-refractivity contribution in [3.8, 4) is 28.8 Å². The number of rotatable bonds is 8. The molecule has 0 bridgehead atoms. The van der Waals surface area contributed by atoms with Crippen LogP contribution in [0, 0.1) is 11.3 Å². The van der Waals surface area contributed by atoms with Gasteiger partial charge in [-0.1, -0.05) is 37.0 Å². The second-order valence-electron chi connectivity index (χ2n) is 10.3. The highest BCUT2D eigenvalue weighted by Crippen LogP contribution is 2.40. The number of methoxy groups -OCH3 is 1. The quantitative estimate of drug-likeness (QED) is 0.270. The predicted molar refractivity (Wildman–Crippen MR) is 153 cm³/mol. The van der Waals surface area contributed by atoms with Gasteiger partial charge in [-0.3, -0.25) is 10.1 Å². The van der Waals surface area contributed by atoms with Gasteiger partial charge in [0, 0.05) is 60.3 Å². The van der Waals surface area contributed by atoms with Gasteiger partial charge in [-0.15, -0.1) is 0 Å². The number of hydrogen-bond acceptors (Lipinski definition) is 8. The molecule has 4 heterocycles. The molecule has 0 unspecified atom stereocenters. The van der Waals surface area contributed by atoms with Gasteiger partial charge >= 0.3 is 0 Å². The molecular formula is C28H29Cl2N7O2. The van der Waals surface area contributed by atoms with Crippen LogP contribution in [0.15, 0.2) is 36.8 Å². The van der Waals surface area contributed by atoms with Crippen molar-refractivity contribution in [1.82, 2.24) is 25.5 Å². The maximum Gasteiger partial charge on any atom is 0.162 e. The fourth-order valence-corrected chi connectivity index (χ4v) is 5.88. The minimum Gasteiger partial charge on any atom is -0.493 e. The van der Waals surface area contributed by atoms with E-state index in [9.17, 15) is 5.26 Å². The number of ether oxygens (including phenoxy) is 2. The number of nitrogens with one attached hydrogen (secondary N) is 2. The van der Waals surface area contributed by atoms with Crippen LogP contribution in [-0.2, 0) is 0 Å². The molecule has 0 radical (unpaired) electrons. The van der Waals surface area contributed by atoms with Crippen LogP contribution >= 0.6 is 23.2 Å². The number of aromatic nitrogens is 4. The molecule has 1 saturated heterocycles. The highest BCUT2D eigenvalue weighted by atomic mass is 35.5. The molecule has 0 amide bonds. The normalized spacial score (nSPS) is 15.2. The largest absolute Gasteiger partial charge is 0.493 e. The van der Waals surface area contributed by atoms with Crippen molar-refractivity contribution in [3.05, 3.63) is 58.0 Å². The summed E-state index contributed by atoms with van der Waals surface area (Å²) in [5.41, 5.74) is 3.24. The molecule has 3 aromatic heterocycles. The van der Waals surface area contributed by atoms with E-state index in [1.807, 2.05) is 25.1 Å². The number of fused-ring (bicyclic) bond motifs is 1. The summed E-state index contributed by atoms with van der Waals surface area (Å²) in [6.07, 6.45) is 4.33. The van der Waals surface area contributed by atoms with Crippen molar-refractivity contribution < 1.29 is 9.47 Å². The molecule has 2 N–H and O–H groups in total. The Hall–Kier alpha value is -3.58. The highest BCUT2D eigenvalue weighted by molar-refractivity contribution is 6.35. The lowest BCUT2D eigenvalue weighted by Crippen LogP contribution is -2.69. The Kier molecular flexibility index (Phi) is 7.29. The van der Waals surface area contributed by atoms with Gasteiger partial charge in [-0.05, 0) is 26.0 Å². The Morgan fingerprint density at radius 1 is 1.10 bits per heavy atom. The molecule has 1 aliphatic heterocycles. The Morgan fingerprint density at radius 3 is 2.46 bits per heavy atom. The average molecular weight is 566 g/mol. The van der Waals surface area contributed by atoms with E-state index in [1.54, 1.807) is 13.3 Å². The number of benzene rings is 1. The summed E-state index contributed by atoms with van der Waals surface area (Å²) in [5.74, 6) is 1.69. The number of H-pyrrole nitrogens is 1. The number of anilines is 1. The van der Waals surface area contributed by atoms with Gasteiger partial charge in [0.2, 0.25) is 0 Å². The molecule has 39 heavy (non-hydrogen) atoms. The van der Waals surface area contributed by atoms with Gasteiger partial charge in [0.1, 0.15) is 23.7 Å². The molecule has 1 fully saturated rings. The van der Waals surface area contributed by atoms with E-state index in [2.05, 4.69) is 57.2 Å². The minimum atomic E-state index is -0.478. The lowest BCUT2D eigenvalue weighted by Gasteiger charge is -2.50. The van der Waals surface area contributed by atoms with Gasteiger partial charge in [0.15, 0.2) is 11.5 Å². The molecule has 202 valence electrons. The molecule has 4 aromatic rings. The van der Waals surface area contributed by atoms with E-state index in [0.717, 1.165) is 29.6 Å². The van der Waals surface area contributed by atoms with Crippen LogP contribution < -0.4 is 19.7 Å². The Morgan fingerprint density at radius 2 is 1.82 bits per heavy atom. The molecule has 0 aliphatic carbocycles. The van der Waals surface area contributed by atoms with Crippen LogP contribution in [0.4, 0.5) is 5.82 Å². The maximum absolute atomic E-state index is 9.94. The van der Waals surface area contributed by atoms with Gasteiger partial charge in [0.05, 0.1) is 33.8 Å². The molecule has 9 nitrogen and oxygen atoms in total. The first-order valence-corrected chi connectivity index (χ1v) is 13.3. The summed E-state index contributed by atoms with van der Waals surface area (Å²) in [4.78, 5) is 10.8. The van der Waals surface area contributed by atoms with Crippen LogP contribution in [0.25, 0.3) is 22.2 Å². The van der Waals surface area contributed by atoms with Crippen molar-refractivity contribution in [3.63, 3.8) is 0 Å². The minimum absolute atomic E-state index is 0.00302. The number of aromatic amines is 1. The number of hydrogen-bond donors (Lipinski definition) is 2. The van der Waals surface area contributed by atoms with Gasteiger partial charge < -0.3 is 19.7 Å². The number of halogens is 2. The van der Waals surface area contributed by atoms with Crippen molar-refractivity contribution in [2.45, 2.75) is 45.4 Å². The fourth-order valence-electron chi connectivity index (χ4n) is 5.21. The zero-order valence-electron chi connectivity index (χ0n) is 22.3. The summed E-state index contributed by atoms with van der Waals surface area (Å²) in [5, 5.41) is 22.7. The van der Waals surface area contributed by atoms with Crippen molar-refractivity contribution in [2.24, 2.45) is 0 Å². The lowest BCUT2D eigenvalue weighted by atomic mass is 9.90. The highest BCUT2D eigenvalue weighted by Gasteiger charge is 2.40. The predicted octanol–water partition coefficient (Wildman–Crippen LogP) is 5.92. The van der Waals surface area contributed by atoms with E-state index in [0.29, 0.717) is 50.2 Å². The van der Waals surface area contributed by atoms with E-state index in [1.165, 1.54) is 12.4 Å². The molecule has 1 atom stereocenters. The zero-order valence-corrected chi connectivity index (χ0v) is 23.9. The molecule has 5 rings (SSSR count). The van der Waals surface area contributed by atoms with E-state index >= 15 is 0 Å². The molecule has 1 aromatic carbocycles. The maximum atomic E-state index is 9.94. The number of nitrogens with zero attached hydrogens (tertiary/aromatic N) is 5. The smallest absolute Gasteiger partial charge is 0.162 e. The summed E-state index contributed by atoms with van der Waals surface area (Å²) in [6, 6.07) is 8.19. The van der Waals surface area contributed by atoms with E-state index in [4.69, 9.17) is 32.7 Å². The summed E-state index contributed by atoms with van der Waals surface area (Å²) < 4.78 is 11.9. The van der Waals surface area contributed by atoms with E-state index in [-0.39, 0.29) is 5.54 Å². The van der Waals surface area contributed by atoms with Crippen molar-refractivity contribution >= 4 is 39.9 Å². The van der Waals surface area contributed by atoms with Crippen LogP contribution in [0.5, 0.6) is 11.5 Å². The third-order valence-corrected chi connectivity index (χ3v) is 7.33. The summed E-state index contributed by atoms with van der Waals surface area (Å²) in [6.45, 7) is 9.86. The monoisotopic (exact) mass is 565 g/mol. The molecule has 1 aliphatic rings. The van der Waals surface area contributed by atoms with Crippen molar-refractivity contribution in [2.75, 3.05) is 25.1 Å². The fraction of sp³-hybridized carbons (Fsp3) is 0.357. The third kappa shape index (κ3) is 5.20. The number of pyridine rings is 2. The number of nitriles is 1. The van der Waals surface area contributed by atoms with Crippen LogP contribution in [-0.4, -0.2) is 51.9 Å². The Labute approximate surface area is 237 Å². The molecule has 0 spiro atoms. The van der Waals surface area contributed by atoms with Gasteiger partial charge in [-0.25, -0.2) is 4.98 Å². The molecular weight excluding hydrogens is 537 g/mol. The second-order valence-corrected chi connectivity index (χ2v) is 11.1. The standard InChI is InChI=1S/C28H29Cl2N7O2/c1-15(2)34-28(4)13-37(14-28)27-17(9-31)6-18(10-33-27)26-19-7-24(23(38-5)8-22(19)35-36-26)39-16(3)25-20(29)11-32-12-21(25)30/h6-8,10-12,15-16,34H,13-14H2,1-5H3,(H,35,36)/t16-/m1/s1. The second kappa shape index (κ2) is 10.5. The van der Waals surface area contributed by atoms with E-state index < -0.39 is 6.10 Å². The first-order chi connectivity index (χ1) is 18.6. The lowest BCUT2D eigenvalue weighted by molar-refractivity contribution is 0.216. The van der Waals surface area contributed by atoms with Crippen LogP contribution in [0.1, 0.15) is 44.9 Å². The zero-order chi connectivity index (χ0) is 27.9. The third-order valence-electron chi connectivity index (χ3n) is 6.72. The molecule has 11 heteroatoms. The van der Waals surface area contributed by atoms with Crippen LogP contribution in [0.2, 0.25) is 10.0 Å². The Balaban J connectivity index is 1.47. The first kappa shape index (κ1) is 27.0. The topological polar surface area (TPSA) is 112 Å². The van der Waals surface area contributed by atoms with Gasteiger partial charge in [-0.2, -0.15) is 10.4 Å². The average Bonchev–Trinajstić information content (AvgIpc) is 3.28. The van der Waals surface area contributed by atoms with Crippen LogP contribution in [0.3, 0.4) is 0 Å². The first-order valence-electron chi connectivity index (χ1n) is 12.6. The SMILES string of the molecule is COc1cc2[nH]nc(-c3cnc(N4CC(C)(NC(C)C)C4)c(C#N)c3)c2cc1O[C@H](C)c1c(Cl)cncc1Cl. The van der Waals surface area contributed by atoms with Crippen molar-refractivity contribution in [1.29, 1.82) is 5.26 Å². The molecule has 0 saturated carbocycles. The Bertz CT molecular complexity index is 1550.